The van der Waals surface area contributed by atoms with Crippen LogP contribution in [0.15, 0.2) is 9.98 Å². The fourth-order valence-electron chi connectivity index (χ4n) is 4.82. The van der Waals surface area contributed by atoms with E-state index in [0.29, 0.717) is 25.7 Å². The Morgan fingerprint density at radius 3 is 1.20 bits per heavy atom. The maximum atomic E-state index is 12.5. The topological polar surface area (TPSA) is 111 Å². The highest BCUT2D eigenvalue weighted by Crippen LogP contribution is 2.33. The predicted molar refractivity (Wildman–Crippen MR) is 106 cm³/mol. The highest BCUT2D eigenvalue weighted by Gasteiger charge is 2.34. The summed E-state index contributed by atoms with van der Waals surface area (Å²) in [5, 5.41) is 0. The summed E-state index contributed by atoms with van der Waals surface area (Å²) in [5.74, 6) is -0.649. The van der Waals surface area contributed by atoms with Gasteiger partial charge in [-0.1, -0.05) is 0 Å². The van der Waals surface area contributed by atoms with Crippen molar-refractivity contribution in [1.82, 2.24) is 0 Å². The number of isocyanates is 2. The lowest BCUT2D eigenvalue weighted by atomic mass is 9.82. The second kappa shape index (κ2) is 11.2. The predicted octanol–water partition coefficient (Wildman–Crippen LogP) is 3.17. The molecule has 0 radical (unpaired) electrons. The van der Waals surface area contributed by atoms with Gasteiger partial charge < -0.3 is 9.47 Å². The van der Waals surface area contributed by atoms with Crippen LogP contribution in [-0.4, -0.2) is 48.4 Å². The number of hydrogen-bond donors (Lipinski definition) is 0. The van der Waals surface area contributed by atoms with Gasteiger partial charge in [0.25, 0.3) is 0 Å². The SMILES string of the molecule is O=C=NC1CCC(OC(=O)C2CCC(C(=O)OC3CCC(N=C=O)CC3)CC2)CC1. The number of esters is 2. The van der Waals surface area contributed by atoms with Gasteiger partial charge in [0.2, 0.25) is 12.2 Å². The Labute approximate surface area is 176 Å². The molecule has 3 aliphatic carbocycles. The number of rotatable bonds is 6. The van der Waals surface area contributed by atoms with Gasteiger partial charge in [-0.25, -0.2) is 19.6 Å². The third-order valence-electron chi connectivity index (χ3n) is 6.72. The first-order valence-corrected chi connectivity index (χ1v) is 11.1. The molecule has 30 heavy (non-hydrogen) atoms. The average Bonchev–Trinajstić information content (AvgIpc) is 2.77. The Kier molecular flexibility index (Phi) is 8.35. The molecular weight excluding hydrogens is 388 g/mol. The van der Waals surface area contributed by atoms with Crippen LogP contribution in [0.3, 0.4) is 0 Å². The van der Waals surface area contributed by atoms with Crippen LogP contribution in [0.5, 0.6) is 0 Å². The van der Waals surface area contributed by atoms with E-state index in [-0.39, 0.29) is 48.1 Å². The summed E-state index contributed by atoms with van der Waals surface area (Å²) < 4.78 is 11.3. The molecule has 3 saturated carbocycles. The fraction of sp³-hybridized carbons (Fsp3) is 0.818. The lowest BCUT2D eigenvalue weighted by molar-refractivity contribution is -0.162. The number of carbonyl (C=O) groups excluding carboxylic acids is 4. The number of nitrogens with zero attached hydrogens (tertiary/aromatic N) is 2. The molecule has 8 nitrogen and oxygen atoms in total. The Morgan fingerprint density at radius 2 is 0.900 bits per heavy atom. The molecule has 0 amide bonds. The van der Waals surface area contributed by atoms with Crippen molar-refractivity contribution >= 4 is 24.1 Å². The Morgan fingerprint density at radius 1 is 0.567 bits per heavy atom. The molecular formula is C22H30N2O6. The summed E-state index contributed by atoms with van der Waals surface area (Å²) in [5.41, 5.74) is 0. The summed E-state index contributed by atoms with van der Waals surface area (Å²) in [6, 6.07) is 0.0124. The highest BCUT2D eigenvalue weighted by molar-refractivity contribution is 5.75. The van der Waals surface area contributed by atoms with E-state index in [0.717, 1.165) is 51.4 Å². The van der Waals surface area contributed by atoms with Crippen molar-refractivity contribution in [2.24, 2.45) is 21.8 Å². The fourth-order valence-corrected chi connectivity index (χ4v) is 4.82. The van der Waals surface area contributed by atoms with Crippen molar-refractivity contribution in [3.05, 3.63) is 0 Å². The number of ether oxygens (including phenoxy) is 2. The van der Waals surface area contributed by atoms with E-state index in [1.165, 1.54) is 0 Å². The summed E-state index contributed by atoms with van der Waals surface area (Å²) in [6.45, 7) is 0. The van der Waals surface area contributed by atoms with Gasteiger partial charge in [0, 0.05) is 0 Å². The van der Waals surface area contributed by atoms with Crippen molar-refractivity contribution in [1.29, 1.82) is 0 Å². The lowest BCUT2D eigenvalue weighted by Crippen LogP contribution is -2.34. The van der Waals surface area contributed by atoms with Crippen molar-refractivity contribution in [3.8, 4) is 0 Å². The zero-order valence-electron chi connectivity index (χ0n) is 17.3. The van der Waals surface area contributed by atoms with Crippen LogP contribution in [0, 0.1) is 11.8 Å². The van der Waals surface area contributed by atoms with Gasteiger partial charge in [-0.05, 0) is 77.0 Å². The van der Waals surface area contributed by atoms with E-state index >= 15 is 0 Å². The van der Waals surface area contributed by atoms with Crippen molar-refractivity contribution in [2.45, 2.75) is 101 Å². The molecule has 0 spiro atoms. The molecule has 0 aliphatic heterocycles. The lowest BCUT2D eigenvalue weighted by Gasteiger charge is -2.31. The van der Waals surface area contributed by atoms with Crippen molar-refractivity contribution in [2.75, 3.05) is 0 Å². The number of hydrogen-bond acceptors (Lipinski definition) is 8. The molecule has 3 fully saturated rings. The summed E-state index contributed by atoms with van der Waals surface area (Å²) in [7, 11) is 0. The Bertz CT molecular complexity index is 628. The zero-order valence-corrected chi connectivity index (χ0v) is 17.3. The van der Waals surface area contributed by atoms with Crippen molar-refractivity contribution < 1.29 is 28.7 Å². The van der Waals surface area contributed by atoms with Gasteiger partial charge in [0.05, 0.1) is 23.9 Å². The van der Waals surface area contributed by atoms with E-state index in [4.69, 9.17) is 9.47 Å². The van der Waals surface area contributed by atoms with Gasteiger partial charge in [-0.2, -0.15) is 0 Å². The smallest absolute Gasteiger partial charge is 0.309 e. The number of carbonyl (C=O) groups is 2. The maximum absolute atomic E-state index is 12.5. The third kappa shape index (κ3) is 6.35. The molecule has 0 unspecified atom stereocenters. The maximum Gasteiger partial charge on any atom is 0.309 e. The van der Waals surface area contributed by atoms with Crippen LogP contribution in [-0.2, 0) is 28.7 Å². The molecule has 0 heterocycles. The van der Waals surface area contributed by atoms with E-state index < -0.39 is 0 Å². The Hall–Kier alpha value is -2.30. The molecule has 8 heteroatoms. The Balaban J connectivity index is 1.35. The van der Waals surface area contributed by atoms with Crippen LogP contribution in [0.1, 0.15) is 77.0 Å². The molecule has 3 aliphatic rings. The average molecular weight is 418 g/mol. The van der Waals surface area contributed by atoms with Crippen LogP contribution in [0.4, 0.5) is 0 Å². The van der Waals surface area contributed by atoms with Crippen LogP contribution in [0.25, 0.3) is 0 Å². The van der Waals surface area contributed by atoms with E-state index in [1.807, 2.05) is 0 Å². The van der Waals surface area contributed by atoms with Crippen LogP contribution < -0.4 is 0 Å². The molecule has 3 rings (SSSR count). The molecule has 0 atom stereocenters. The summed E-state index contributed by atoms with van der Waals surface area (Å²) >= 11 is 0. The quantitative estimate of drug-likeness (QED) is 0.372. The minimum absolute atomic E-state index is 0.00620. The molecule has 0 aromatic rings. The van der Waals surface area contributed by atoms with Crippen molar-refractivity contribution in [3.63, 3.8) is 0 Å². The van der Waals surface area contributed by atoms with Gasteiger partial charge in [0.1, 0.15) is 12.2 Å². The summed E-state index contributed by atoms with van der Waals surface area (Å²) in [4.78, 5) is 53.2. The van der Waals surface area contributed by atoms with E-state index in [9.17, 15) is 19.2 Å². The first-order chi connectivity index (χ1) is 14.6. The third-order valence-corrected chi connectivity index (χ3v) is 6.72. The van der Waals surface area contributed by atoms with E-state index in [2.05, 4.69) is 9.98 Å². The molecule has 0 N–H and O–H groups in total. The zero-order chi connectivity index (χ0) is 21.3. The second-order valence-electron chi connectivity index (χ2n) is 8.72. The number of aliphatic imine (C=N–C) groups is 2. The second-order valence-corrected chi connectivity index (χ2v) is 8.72. The highest BCUT2D eigenvalue weighted by atomic mass is 16.5. The minimum atomic E-state index is -0.168. The first kappa shape index (κ1) is 22.4. The largest absolute Gasteiger partial charge is 0.462 e. The molecule has 0 saturated heterocycles. The molecule has 164 valence electrons. The monoisotopic (exact) mass is 418 g/mol. The van der Waals surface area contributed by atoms with E-state index in [1.54, 1.807) is 12.2 Å². The normalized spacial score (nSPS) is 34.0. The van der Waals surface area contributed by atoms with Gasteiger partial charge >= 0.3 is 11.9 Å². The summed E-state index contributed by atoms with van der Waals surface area (Å²) in [6.07, 6.45) is 11.5. The minimum Gasteiger partial charge on any atom is -0.462 e. The standard InChI is InChI=1S/C22H30N2O6/c25-13-23-17-5-9-19(10-6-17)29-21(27)15-1-2-16(4-3-15)22(28)30-20-11-7-18(8-12-20)24-14-26/h15-20H,1-12H2. The van der Waals surface area contributed by atoms with Crippen LogP contribution >= 0.6 is 0 Å². The molecule has 0 aromatic carbocycles. The molecule has 0 aromatic heterocycles. The first-order valence-electron chi connectivity index (χ1n) is 11.1. The van der Waals surface area contributed by atoms with Gasteiger partial charge in [-0.15, -0.1) is 0 Å². The van der Waals surface area contributed by atoms with Gasteiger partial charge in [0.15, 0.2) is 0 Å². The van der Waals surface area contributed by atoms with Gasteiger partial charge in [-0.3, -0.25) is 9.59 Å². The van der Waals surface area contributed by atoms with Crippen LogP contribution in [0.2, 0.25) is 0 Å². The molecule has 0 bridgehead atoms.